The van der Waals surface area contributed by atoms with E-state index >= 15 is 0 Å². The van der Waals surface area contributed by atoms with E-state index in [1.807, 2.05) is 62.4 Å². The monoisotopic (exact) mass is 368 g/mol. The van der Waals surface area contributed by atoms with E-state index in [0.29, 0.717) is 13.0 Å². The fourth-order valence-corrected chi connectivity index (χ4v) is 3.13. The number of likely N-dealkylation sites (N-methyl/N-ethyl adjacent to an activating group) is 1. The Morgan fingerprint density at radius 3 is 2.52 bits per heavy atom. The maximum absolute atomic E-state index is 13.2. The van der Waals surface area contributed by atoms with Crippen LogP contribution in [-0.2, 0) is 22.6 Å². The molecular weight excluding hydrogens is 340 g/mol. The van der Waals surface area contributed by atoms with Gasteiger partial charge in [-0.05, 0) is 42.2 Å². The molecule has 144 valence electrons. The largest absolute Gasteiger partial charge is 0.497 e. The SMILES string of the molecule is CC[C@@H](C(=O)NC)N(Cc1cccc(OC)c1)C(=O)Cc1ccccc1C. The number of hydrogen-bond donors (Lipinski definition) is 1. The lowest BCUT2D eigenvalue weighted by Crippen LogP contribution is -2.48. The summed E-state index contributed by atoms with van der Waals surface area (Å²) in [5, 5.41) is 2.68. The lowest BCUT2D eigenvalue weighted by molar-refractivity contribution is -0.140. The Morgan fingerprint density at radius 2 is 1.89 bits per heavy atom. The van der Waals surface area contributed by atoms with E-state index in [2.05, 4.69) is 5.32 Å². The topological polar surface area (TPSA) is 58.6 Å². The highest BCUT2D eigenvalue weighted by Gasteiger charge is 2.28. The maximum atomic E-state index is 13.2. The van der Waals surface area contributed by atoms with E-state index in [1.165, 1.54) is 0 Å². The van der Waals surface area contributed by atoms with Crippen molar-refractivity contribution in [2.45, 2.75) is 39.3 Å². The molecule has 2 amide bonds. The van der Waals surface area contributed by atoms with Gasteiger partial charge in [0, 0.05) is 13.6 Å². The Bertz CT molecular complexity index is 789. The quantitative estimate of drug-likeness (QED) is 0.779. The molecule has 0 aliphatic carbocycles. The van der Waals surface area contributed by atoms with E-state index in [0.717, 1.165) is 22.4 Å². The third-order valence-electron chi connectivity index (χ3n) is 4.72. The van der Waals surface area contributed by atoms with Crippen LogP contribution in [0.5, 0.6) is 5.75 Å². The normalized spacial score (nSPS) is 11.6. The lowest BCUT2D eigenvalue weighted by Gasteiger charge is -2.30. The molecule has 0 saturated heterocycles. The fourth-order valence-electron chi connectivity index (χ4n) is 3.13. The molecule has 1 N–H and O–H groups in total. The maximum Gasteiger partial charge on any atom is 0.242 e. The highest BCUT2D eigenvalue weighted by Crippen LogP contribution is 2.19. The van der Waals surface area contributed by atoms with Crippen LogP contribution in [0, 0.1) is 6.92 Å². The lowest BCUT2D eigenvalue weighted by atomic mass is 10.0. The summed E-state index contributed by atoms with van der Waals surface area (Å²) in [4.78, 5) is 27.2. The molecule has 5 nitrogen and oxygen atoms in total. The average molecular weight is 368 g/mol. The number of carbonyl (C=O) groups excluding carboxylic acids is 2. The molecule has 0 unspecified atom stereocenters. The molecule has 0 aliphatic rings. The molecule has 5 heteroatoms. The molecule has 0 aromatic heterocycles. The van der Waals surface area contributed by atoms with E-state index in [4.69, 9.17) is 4.74 Å². The molecule has 0 fully saturated rings. The van der Waals surface area contributed by atoms with Crippen molar-refractivity contribution in [3.8, 4) is 5.75 Å². The van der Waals surface area contributed by atoms with Crippen LogP contribution in [-0.4, -0.2) is 36.9 Å². The first-order chi connectivity index (χ1) is 13.0. The van der Waals surface area contributed by atoms with Gasteiger partial charge < -0.3 is 15.0 Å². The van der Waals surface area contributed by atoms with Crippen molar-refractivity contribution < 1.29 is 14.3 Å². The molecule has 2 rings (SSSR count). The molecule has 2 aromatic carbocycles. The Morgan fingerprint density at radius 1 is 1.15 bits per heavy atom. The van der Waals surface area contributed by atoms with Crippen molar-refractivity contribution in [2.75, 3.05) is 14.2 Å². The number of ether oxygens (including phenoxy) is 1. The van der Waals surface area contributed by atoms with Crippen molar-refractivity contribution >= 4 is 11.8 Å². The van der Waals surface area contributed by atoms with Crippen molar-refractivity contribution in [1.82, 2.24) is 10.2 Å². The van der Waals surface area contributed by atoms with E-state index in [-0.39, 0.29) is 18.2 Å². The third kappa shape index (κ3) is 5.33. The molecule has 1 atom stereocenters. The predicted octanol–water partition coefficient (Wildman–Crippen LogP) is 3.10. The first-order valence-corrected chi connectivity index (χ1v) is 9.18. The minimum atomic E-state index is -0.516. The number of nitrogens with one attached hydrogen (secondary N) is 1. The third-order valence-corrected chi connectivity index (χ3v) is 4.72. The highest BCUT2D eigenvalue weighted by molar-refractivity contribution is 5.88. The van der Waals surface area contributed by atoms with Crippen LogP contribution in [0.2, 0.25) is 0 Å². The molecule has 0 radical (unpaired) electrons. The van der Waals surface area contributed by atoms with Gasteiger partial charge in [0.05, 0.1) is 13.5 Å². The van der Waals surface area contributed by atoms with Gasteiger partial charge in [-0.15, -0.1) is 0 Å². The number of rotatable bonds is 8. The smallest absolute Gasteiger partial charge is 0.242 e. The van der Waals surface area contributed by atoms with Crippen LogP contribution in [0.3, 0.4) is 0 Å². The zero-order chi connectivity index (χ0) is 19.8. The summed E-state index contributed by atoms with van der Waals surface area (Å²) in [6, 6.07) is 14.9. The van der Waals surface area contributed by atoms with Gasteiger partial charge in [-0.2, -0.15) is 0 Å². The van der Waals surface area contributed by atoms with Crippen LogP contribution in [0.1, 0.15) is 30.0 Å². The Hall–Kier alpha value is -2.82. The summed E-state index contributed by atoms with van der Waals surface area (Å²) in [5.74, 6) is 0.507. The number of aryl methyl sites for hydroxylation is 1. The second kappa shape index (κ2) is 9.76. The van der Waals surface area contributed by atoms with Crippen molar-refractivity contribution in [1.29, 1.82) is 0 Å². The van der Waals surface area contributed by atoms with Gasteiger partial charge >= 0.3 is 0 Å². The summed E-state index contributed by atoms with van der Waals surface area (Å²) in [7, 11) is 3.21. The first-order valence-electron chi connectivity index (χ1n) is 9.18. The van der Waals surface area contributed by atoms with Crippen molar-refractivity contribution in [3.05, 3.63) is 65.2 Å². The minimum Gasteiger partial charge on any atom is -0.497 e. The summed E-state index contributed by atoms with van der Waals surface area (Å²) >= 11 is 0. The molecule has 0 saturated carbocycles. The van der Waals surface area contributed by atoms with Gasteiger partial charge in [0.25, 0.3) is 0 Å². The Balaban J connectivity index is 2.31. The zero-order valence-electron chi connectivity index (χ0n) is 16.5. The van der Waals surface area contributed by atoms with Crippen molar-refractivity contribution in [2.24, 2.45) is 0 Å². The second-order valence-electron chi connectivity index (χ2n) is 6.51. The van der Waals surface area contributed by atoms with E-state index in [9.17, 15) is 9.59 Å². The van der Waals surface area contributed by atoms with E-state index in [1.54, 1.807) is 19.1 Å². The second-order valence-corrected chi connectivity index (χ2v) is 6.51. The van der Waals surface area contributed by atoms with Gasteiger partial charge in [-0.1, -0.05) is 43.3 Å². The molecular formula is C22H28N2O3. The molecule has 27 heavy (non-hydrogen) atoms. The van der Waals surface area contributed by atoms with Crippen LogP contribution < -0.4 is 10.1 Å². The summed E-state index contributed by atoms with van der Waals surface area (Å²) in [6.07, 6.45) is 0.813. The van der Waals surface area contributed by atoms with Crippen molar-refractivity contribution in [3.63, 3.8) is 0 Å². The van der Waals surface area contributed by atoms with Gasteiger partial charge in [0.1, 0.15) is 11.8 Å². The molecule has 0 spiro atoms. The number of nitrogens with zero attached hydrogens (tertiary/aromatic N) is 1. The fraction of sp³-hybridized carbons (Fsp3) is 0.364. The van der Waals surface area contributed by atoms with E-state index < -0.39 is 6.04 Å². The van der Waals surface area contributed by atoms with Crippen LogP contribution in [0.25, 0.3) is 0 Å². The predicted molar refractivity (Wildman–Crippen MR) is 107 cm³/mol. The number of amides is 2. The summed E-state index contributed by atoms with van der Waals surface area (Å²) in [6.45, 7) is 4.26. The number of carbonyl (C=O) groups is 2. The Labute approximate surface area is 161 Å². The number of methoxy groups -OCH3 is 1. The number of benzene rings is 2. The zero-order valence-corrected chi connectivity index (χ0v) is 16.5. The van der Waals surface area contributed by atoms with Crippen LogP contribution >= 0.6 is 0 Å². The van der Waals surface area contributed by atoms with Gasteiger partial charge in [0.2, 0.25) is 11.8 Å². The van der Waals surface area contributed by atoms with Gasteiger partial charge in [-0.25, -0.2) is 0 Å². The number of hydrogen-bond acceptors (Lipinski definition) is 3. The highest BCUT2D eigenvalue weighted by atomic mass is 16.5. The Kier molecular flexibility index (Phi) is 7.41. The average Bonchev–Trinajstić information content (AvgIpc) is 2.69. The molecule has 0 bridgehead atoms. The summed E-state index contributed by atoms with van der Waals surface area (Å²) in [5.41, 5.74) is 2.97. The molecule has 0 heterocycles. The van der Waals surface area contributed by atoms with Crippen LogP contribution in [0.4, 0.5) is 0 Å². The molecule has 2 aromatic rings. The van der Waals surface area contributed by atoms with Gasteiger partial charge in [0.15, 0.2) is 0 Å². The van der Waals surface area contributed by atoms with Crippen LogP contribution in [0.15, 0.2) is 48.5 Å². The van der Waals surface area contributed by atoms with Gasteiger partial charge in [-0.3, -0.25) is 9.59 Å². The standard InChI is InChI=1S/C22H28N2O3/c1-5-20(22(26)23-3)24(15-17-10-8-12-19(13-17)27-4)21(25)14-18-11-7-6-9-16(18)2/h6-13,20H,5,14-15H2,1-4H3,(H,23,26)/t20-/m0/s1. The minimum absolute atomic E-state index is 0.0671. The summed E-state index contributed by atoms with van der Waals surface area (Å²) < 4.78 is 5.28. The first kappa shape index (κ1) is 20.5. The molecule has 0 aliphatic heterocycles.